The Morgan fingerprint density at radius 1 is 0.975 bits per heavy atom. The van der Waals surface area contributed by atoms with Gasteiger partial charge in [0.1, 0.15) is 6.04 Å². The molecule has 0 unspecified atom stereocenters. The molecule has 1 aliphatic heterocycles. The summed E-state index contributed by atoms with van der Waals surface area (Å²) in [4.78, 5) is 56.3. The van der Waals surface area contributed by atoms with Crippen molar-refractivity contribution in [3.63, 3.8) is 0 Å². The van der Waals surface area contributed by atoms with E-state index in [1.807, 2.05) is 56.3 Å². The van der Waals surface area contributed by atoms with Gasteiger partial charge < -0.3 is 10.2 Å². The minimum Gasteiger partial charge on any atom is -0.352 e. The van der Waals surface area contributed by atoms with Crippen molar-refractivity contribution in [2.75, 3.05) is 6.54 Å². The van der Waals surface area contributed by atoms with Crippen LogP contribution in [0.15, 0.2) is 60.7 Å². The van der Waals surface area contributed by atoms with Crippen molar-refractivity contribution >= 4 is 46.8 Å². The van der Waals surface area contributed by atoms with E-state index >= 15 is 0 Å². The number of hydrogen-bond donors (Lipinski definition) is 1. The van der Waals surface area contributed by atoms with Gasteiger partial charge >= 0.3 is 0 Å². The van der Waals surface area contributed by atoms with Crippen molar-refractivity contribution in [2.45, 2.75) is 64.6 Å². The Morgan fingerprint density at radius 3 is 2.23 bits per heavy atom. The third-order valence-corrected chi connectivity index (χ3v) is 8.50. The SMILES string of the molecule is CC[C@H](C)NC(=O)[C@H](Cc1ccccc1)N(Cc1ccc(Cl)c(Cl)c1)C(=O)CCN1C(=O)[C@H]2CC=CC[C@H]2C1=O. The van der Waals surface area contributed by atoms with Gasteiger partial charge in [-0.25, -0.2) is 0 Å². The maximum atomic E-state index is 13.9. The molecule has 0 aromatic heterocycles. The van der Waals surface area contributed by atoms with E-state index < -0.39 is 6.04 Å². The van der Waals surface area contributed by atoms with Crippen molar-refractivity contribution in [3.8, 4) is 0 Å². The second-order valence-corrected chi connectivity index (χ2v) is 11.3. The van der Waals surface area contributed by atoms with E-state index in [-0.39, 0.29) is 61.0 Å². The topological polar surface area (TPSA) is 86.8 Å². The molecule has 9 heteroatoms. The van der Waals surface area contributed by atoms with Gasteiger partial charge in [-0.3, -0.25) is 24.1 Å². The van der Waals surface area contributed by atoms with Gasteiger partial charge in [0.25, 0.3) is 0 Å². The first-order valence-corrected chi connectivity index (χ1v) is 14.5. The molecule has 212 valence electrons. The molecule has 4 amide bonds. The number of rotatable bonds is 11. The maximum Gasteiger partial charge on any atom is 0.243 e. The Bertz CT molecular complexity index is 1260. The first-order valence-electron chi connectivity index (χ1n) is 13.8. The Morgan fingerprint density at radius 2 is 1.62 bits per heavy atom. The number of halogens is 2. The molecule has 1 heterocycles. The summed E-state index contributed by atoms with van der Waals surface area (Å²) >= 11 is 12.4. The highest BCUT2D eigenvalue weighted by Crippen LogP contribution is 2.35. The number of amides is 4. The summed E-state index contributed by atoms with van der Waals surface area (Å²) in [5.74, 6) is -1.76. The molecule has 1 fully saturated rings. The zero-order valence-corrected chi connectivity index (χ0v) is 24.3. The average Bonchev–Trinajstić information content (AvgIpc) is 3.20. The first kappa shape index (κ1) is 29.8. The Labute approximate surface area is 245 Å². The van der Waals surface area contributed by atoms with Crippen molar-refractivity contribution in [1.82, 2.24) is 15.1 Å². The van der Waals surface area contributed by atoms with Gasteiger partial charge in [-0.2, -0.15) is 0 Å². The molecule has 1 aliphatic carbocycles. The lowest BCUT2D eigenvalue weighted by Crippen LogP contribution is -2.52. The zero-order chi connectivity index (χ0) is 28.8. The highest BCUT2D eigenvalue weighted by atomic mass is 35.5. The molecule has 2 aromatic rings. The number of nitrogens with one attached hydrogen (secondary N) is 1. The average molecular weight is 585 g/mol. The van der Waals surface area contributed by atoms with Crippen LogP contribution in [0.3, 0.4) is 0 Å². The normalized spacial score (nSPS) is 19.8. The van der Waals surface area contributed by atoms with Gasteiger partial charge in [-0.15, -0.1) is 0 Å². The van der Waals surface area contributed by atoms with Gasteiger partial charge in [0.2, 0.25) is 23.6 Å². The van der Waals surface area contributed by atoms with Gasteiger partial charge in [0, 0.05) is 32.0 Å². The van der Waals surface area contributed by atoms with Crippen LogP contribution in [0.4, 0.5) is 0 Å². The summed E-state index contributed by atoms with van der Waals surface area (Å²) in [5, 5.41) is 3.77. The maximum absolute atomic E-state index is 13.9. The zero-order valence-electron chi connectivity index (χ0n) is 22.8. The van der Waals surface area contributed by atoms with Crippen LogP contribution in [-0.2, 0) is 32.1 Å². The van der Waals surface area contributed by atoms with E-state index in [0.717, 1.165) is 12.0 Å². The number of carbonyl (C=O) groups excluding carboxylic acids is 4. The van der Waals surface area contributed by atoms with Crippen molar-refractivity contribution in [1.29, 1.82) is 0 Å². The fraction of sp³-hybridized carbons (Fsp3) is 0.419. The minimum absolute atomic E-state index is 0.0214. The smallest absolute Gasteiger partial charge is 0.243 e. The van der Waals surface area contributed by atoms with Gasteiger partial charge in [0.05, 0.1) is 21.9 Å². The predicted octanol–water partition coefficient (Wildman–Crippen LogP) is 5.19. The Kier molecular flexibility index (Phi) is 10.0. The summed E-state index contributed by atoms with van der Waals surface area (Å²) in [5.41, 5.74) is 1.61. The molecular weight excluding hydrogens is 549 g/mol. The van der Waals surface area contributed by atoms with Gasteiger partial charge in [0.15, 0.2) is 0 Å². The highest BCUT2D eigenvalue weighted by molar-refractivity contribution is 6.42. The van der Waals surface area contributed by atoms with E-state index in [9.17, 15) is 19.2 Å². The molecule has 1 saturated heterocycles. The molecule has 2 aliphatic rings. The van der Waals surface area contributed by atoms with Crippen LogP contribution in [0.5, 0.6) is 0 Å². The molecule has 4 rings (SSSR count). The number of allylic oxidation sites excluding steroid dienone is 2. The molecule has 1 N–H and O–H groups in total. The third kappa shape index (κ3) is 6.94. The van der Waals surface area contributed by atoms with Crippen LogP contribution in [0.2, 0.25) is 10.0 Å². The van der Waals surface area contributed by atoms with E-state index in [1.54, 1.807) is 18.2 Å². The summed E-state index contributed by atoms with van der Waals surface area (Å²) in [6.07, 6.45) is 5.90. The van der Waals surface area contributed by atoms with Gasteiger partial charge in [-0.1, -0.05) is 78.7 Å². The predicted molar refractivity (Wildman–Crippen MR) is 156 cm³/mol. The van der Waals surface area contributed by atoms with Crippen LogP contribution in [0, 0.1) is 11.8 Å². The highest BCUT2D eigenvalue weighted by Gasteiger charge is 2.47. The lowest BCUT2D eigenvalue weighted by atomic mass is 9.85. The molecule has 7 nitrogen and oxygen atoms in total. The lowest BCUT2D eigenvalue weighted by Gasteiger charge is -2.33. The molecule has 0 saturated carbocycles. The molecular formula is C31H35Cl2N3O4. The van der Waals surface area contributed by atoms with Crippen molar-refractivity contribution in [2.24, 2.45) is 11.8 Å². The lowest BCUT2D eigenvalue weighted by molar-refractivity contribution is -0.144. The number of likely N-dealkylation sites (tertiary alicyclic amines) is 1. The number of nitrogens with zero attached hydrogens (tertiary/aromatic N) is 2. The molecule has 4 atom stereocenters. The Hall–Kier alpha value is -3.16. The quantitative estimate of drug-likeness (QED) is 0.291. The summed E-state index contributed by atoms with van der Waals surface area (Å²) < 4.78 is 0. The van der Waals surface area contributed by atoms with Crippen LogP contribution < -0.4 is 5.32 Å². The number of carbonyl (C=O) groups is 4. The van der Waals surface area contributed by atoms with Crippen molar-refractivity contribution in [3.05, 3.63) is 81.9 Å². The van der Waals surface area contributed by atoms with Crippen LogP contribution in [0.25, 0.3) is 0 Å². The molecule has 0 spiro atoms. The van der Waals surface area contributed by atoms with Crippen LogP contribution in [0.1, 0.15) is 50.7 Å². The number of fused-ring (bicyclic) bond motifs is 1. The standard InChI is InChI=1S/C31H35Cl2N3O4/c1-3-20(2)34-29(38)27(18-21-9-5-4-6-10-21)36(19-22-13-14-25(32)26(33)17-22)28(37)15-16-35-30(39)23-11-7-8-12-24(23)31(35)40/h4-10,13-14,17,20,23-24,27H,3,11-12,15-16,18-19H2,1-2H3,(H,34,38)/t20-,23-,24+,27-/m0/s1. The molecule has 2 aromatic carbocycles. The Balaban J connectivity index is 1.61. The summed E-state index contributed by atoms with van der Waals surface area (Å²) in [6.45, 7) is 3.99. The minimum atomic E-state index is -0.824. The monoisotopic (exact) mass is 583 g/mol. The largest absolute Gasteiger partial charge is 0.352 e. The summed E-state index contributed by atoms with van der Waals surface area (Å²) in [7, 11) is 0. The number of hydrogen-bond acceptors (Lipinski definition) is 4. The third-order valence-electron chi connectivity index (χ3n) is 7.76. The fourth-order valence-corrected chi connectivity index (χ4v) is 5.59. The van der Waals surface area contributed by atoms with E-state index in [2.05, 4.69) is 5.32 Å². The van der Waals surface area contributed by atoms with Gasteiger partial charge in [-0.05, 0) is 49.4 Å². The summed E-state index contributed by atoms with van der Waals surface area (Å²) in [6, 6.07) is 13.7. The van der Waals surface area contributed by atoms with Crippen molar-refractivity contribution < 1.29 is 19.2 Å². The number of benzene rings is 2. The van der Waals surface area contributed by atoms with E-state index in [1.165, 1.54) is 9.80 Å². The molecule has 0 bridgehead atoms. The fourth-order valence-electron chi connectivity index (χ4n) is 5.27. The number of imide groups is 1. The molecule has 40 heavy (non-hydrogen) atoms. The second-order valence-electron chi connectivity index (χ2n) is 10.5. The van der Waals surface area contributed by atoms with E-state index in [4.69, 9.17) is 23.2 Å². The molecule has 0 radical (unpaired) electrons. The first-order chi connectivity index (χ1) is 19.2. The second kappa shape index (κ2) is 13.5. The van der Waals surface area contributed by atoms with E-state index in [0.29, 0.717) is 34.9 Å². The van der Waals surface area contributed by atoms with Crippen LogP contribution in [-0.4, -0.2) is 52.1 Å². The van der Waals surface area contributed by atoms with Crippen LogP contribution >= 0.6 is 23.2 Å².